The Morgan fingerprint density at radius 2 is 2.05 bits per heavy atom. The van der Waals surface area contributed by atoms with Crippen LogP contribution in [0, 0.1) is 5.92 Å². The molecule has 1 heterocycles. The molecule has 0 saturated heterocycles. The smallest absolute Gasteiger partial charge is 0.357 e. The van der Waals surface area contributed by atoms with Crippen LogP contribution in [0.2, 0.25) is 0 Å². The number of imidazole rings is 1. The molecule has 0 atom stereocenters. The standard InChI is InChI=1S/C16H18N2O3/c1-2-21-15(19)14-13(10-11-8-9-11)17-16(20)18(14)12-6-4-3-5-7-12/h3-7,11H,2,8-10H2,1H3,(H,17,20). The number of aromatic nitrogens is 2. The number of esters is 1. The van der Waals surface area contributed by atoms with Crippen molar-refractivity contribution in [3.05, 3.63) is 52.2 Å². The van der Waals surface area contributed by atoms with Gasteiger partial charge in [0.25, 0.3) is 0 Å². The van der Waals surface area contributed by atoms with Crippen molar-refractivity contribution >= 4 is 5.97 Å². The number of ether oxygens (including phenoxy) is 1. The third kappa shape index (κ3) is 2.77. The van der Waals surface area contributed by atoms with Gasteiger partial charge in [0.1, 0.15) is 0 Å². The Bertz CT molecular complexity index is 696. The zero-order valence-electron chi connectivity index (χ0n) is 12.0. The predicted molar refractivity (Wildman–Crippen MR) is 78.8 cm³/mol. The Kier molecular flexibility index (Phi) is 3.64. The molecular weight excluding hydrogens is 268 g/mol. The van der Waals surface area contributed by atoms with E-state index in [-0.39, 0.29) is 12.3 Å². The fourth-order valence-corrected chi connectivity index (χ4v) is 2.48. The van der Waals surface area contributed by atoms with E-state index in [0.29, 0.717) is 23.0 Å². The lowest BCUT2D eigenvalue weighted by Crippen LogP contribution is -2.20. The average Bonchev–Trinajstić information content (AvgIpc) is 3.22. The molecule has 5 heteroatoms. The summed E-state index contributed by atoms with van der Waals surface area (Å²) in [5.41, 5.74) is 1.40. The van der Waals surface area contributed by atoms with Gasteiger partial charge in [-0.2, -0.15) is 0 Å². The first-order chi connectivity index (χ1) is 10.2. The summed E-state index contributed by atoms with van der Waals surface area (Å²) >= 11 is 0. The van der Waals surface area contributed by atoms with E-state index in [1.807, 2.05) is 18.2 Å². The highest BCUT2D eigenvalue weighted by Gasteiger charge is 2.29. The van der Waals surface area contributed by atoms with E-state index in [1.165, 1.54) is 4.57 Å². The van der Waals surface area contributed by atoms with Crippen LogP contribution in [-0.4, -0.2) is 22.1 Å². The van der Waals surface area contributed by atoms with Crippen molar-refractivity contribution in [3.63, 3.8) is 0 Å². The first kappa shape index (κ1) is 13.7. The molecule has 0 spiro atoms. The second-order valence-electron chi connectivity index (χ2n) is 5.30. The summed E-state index contributed by atoms with van der Waals surface area (Å²) in [4.78, 5) is 27.4. The Hall–Kier alpha value is -2.30. The minimum Gasteiger partial charge on any atom is -0.461 e. The van der Waals surface area contributed by atoms with Gasteiger partial charge in [0.2, 0.25) is 0 Å². The number of benzene rings is 1. The SMILES string of the molecule is CCOC(=O)c1c(CC2CC2)[nH]c(=O)n1-c1ccccc1. The van der Waals surface area contributed by atoms with Crippen LogP contribution in [-0.2, 0) is 11.2 Å². The fraction of sp³-hybridized carbons (Fsp3) is 0.375. The van der Waals surface area contributed by atoms with E-state index >= 15 is 0 Å². The summed E-state index contributed by atoms with van der Waals surface area (Å²) < 4.78 is 6.54. The summed E-state index contributed by atoms with van der Waals surface area (Å²) in [6.07, 6.45) is 3.03. The number of hydrogen-bond acceptors (Lipinski definition) is 3. The maximum Gasteiger partial charge on any atom is 0.357 e. The lowest BCUT2D eigenvalue weighted by Gasteiger charge is -2.08. The first-order valence-corrected chi connectivity index (χ1v) is 7.27. The van der Waals surface area contributed by atoms with E-state index in [9.17, 15) is 9.59 Å². The van der Waals surface area contributed by atoms with Gasteiger partial charge in [-0.05, 0) is 44.2 Å². The van der Waals surface area contributed by atoms with E-state index in [2.05, 4.69) is 4.98 Å². The topological polar surface area (TPSA) is 64.1 Å². The minimum atomic E-state index is -0.449. The highest BCUT2D eigenvalue weighted by atomic mass is 16.5. The van der Waals surface area contributed by atoms with Gasteiger partial charge >= 0.3 is 11.7 Å². The molecule has 1 aliphatic carbocycles. The maximum atomic E-state index is 12.3. The van der Waals surface area contributed by atoms with Crippen LogP contribution in [0.15, 0.2) is 35.1 Å². The van der Waals surface area contributed by atoms with Crippen molar-refractivity contribution in [2.24, 2.45) is 5.92 Å². The summed E-state index contributed by atoms with van der Waals surface area (Å²) in [6.45, 7) is 2.05. The van der Waals surface area contributed by atoms with Gasteiger partial charge in [-0.1, -0.05) is 18.2 Å². The lowest BCUT2D eigenvalue weighted by atomic mass is 10.2. The molecule has 2 aromatic rings. The summed E-state index contributed by atoms with van der Waals surface area (Å²) in [7, 11) is 0. The van der Waals surface area contributed by atoms with E-state index in [4.69, 9.17) is 4.74 Å². The maximum absolute atomic E-state index is 12.3. The van der Waals surface area contributed by atoms with Crippen LogP contribution in [0.1, 0.15) is 35.9 Å². The zero-order valence-corrected chi connectivity index (χ0v) is 12.0. The Balaban J connectivity index is 2.10. The van der Waals surface area contributed by atoms with Crippen molar-refractivity contribution in [1.29, 1.82) is 0 Å². The van der Waals surface area contributed by atoms with E-state index < -0.39 is 5.97 Å². The molecule has 1 N–H and O–H groups in total. The molecule has 0 bridgehead atoms. The molecule has 110 valence electrons. The Labute approximate surface area is 122 Å². The molecule has 1 saturated carbocycles. The van der Waals surface area contributed by atoms with E-state index in [1.54, 1.807) is 19.1 Å². The average molecular weight is 286 g/mol. The molecule has 5 nitrogen and oxygen atoms in total. The molecule has 3 rings (SSSR count). The number of hydrogen-bond donors (Lipinski definition) is 1. The predicted octanol–water partition coefficient (Wildman–Crippen LogP) is 2.29. The van der Waals surface area contributed by atoms with Crippen LogP contribution < -0.4 is 5.69 Å². The number of para-hydroxylation sites is 1. The van der Waals surface area contributed by atoms with Gasteiger partial charge in [0.05, 0.1) is 18.0 Å². The van der Waals surface area contributed by atoms with Gasteiger partial charge in [-0.25, -0.2) is 9.59 Å². The number of nitrogens with one attached hydrogen (secondary N) is 1. The quantitative estimate of drug-likeness (QED) is 0.858. The number of carbonyl (C=O) groups excluding carboxylic acids is 1. The van der Waals surface area contributed by atoms with Crippen molar-refractivity contribution in [2.75, 3.05) is 6.61 Å². The third-order valence-corrected chi connectivity index (χ3v) is 3.64. The first-order valence-electron chi connectivity index (χ1n) is 7.27. The second kappa shape index (κ2) is 5.60. The Morgan fingerprint density at radius 1 is 1.33 bits per heavy atom. The number of H-pyrrole nitrogens is 1. The molecule has 1 aromatic heterocycles. The number of nitrogens with zero attached hydrogens (tertiary/aromatic N) is 1. The largest absolute Gasteiger partial charge is 0.461 e. The molecule has 0 unspecified atom stereocenters. The minimum absolute atomic E-state index is 0.288. The number of carbonyl (C=O) groups is 1. The van der Waals surface area contributed by atoms with Gasteiger partial charge in [0.15, 0.2) is 5.69 Å². The fourth-order valence-electron chi connectivity index (χ4n) is 2.48. The van der Waals surface area contributed by atoms with E-state index in [0.717, 1.165) is 19.3 Å². The van der Waals surface area contributed by atoms with Crippen LogP contribution in [0.25, 0.3) is 5.69 Å². The van der Waals surface area contributed by atoms with Crippen LogP contribution in [0.4, 0.5) is 0 Å². The van der Waals surface area contributed by atoms with Crippen molar-refractivity contribution in [2.45, 2.75) is 26.2 Å². The highest BCUT2D eigenvalue weighted by Crippen LogP contribution is 2.33. The lowest BCUT2D eigenvalue weighted by molar-refractivity contribution is 0.0515. The summed E-state index contributed by atoms with van der Waals surface area (Å²) in [5.74, 6) is 0.121. The van der Waals surface area contributed by atoms with Gasteiger partial charge < -0.3 is 9.72 Å². The van der Waals surface area contributed by atoms with Crippen LogP contribution in [0.5, 0.6) is 0 Å². The number of rotatable bonds is 5. The van der Waals surface area contributed by atoms with Crippen molar-refractivity contribution in [3.8, 4) is 5.69 Å². The summed E-state index contributed by atoms with van der Waals surface area (Å²) in [5, 5.41) is 0. The van der Waals surface area contributed by atoms with Crippen molar-refractivity contribution in [1.82, 2.24) is 9.55 Å². The molecule has 0 amide bonds. The normalized spacial score (nSPS) is 14.1. The van der Waals surface area contributed by atoms with Crippen molar-refractivity contribution < 1.29 is 9.53 Å². The van der Waals surface area contributed by atoms with Gasteiger partial charge in [-0.3, -0.25) is 4.57 Å². The molecule has 1 fully saturated rings. The molecule has 21 heavy (non-hydrogen) atoms. The molecule has 0 aliphatic heterocycles. The van der Waals surface area contributed by atoms with Gasteiger partial charge in [0, 0.05) is 0 Å². The van der Waals surface area contributed by atoms with Crippen LogP contribution in [0.3, 0.4) is 0 Å². The van der Waals surface area contributed by atoms with Crippen LogP contribution >= 0.6 is 0 Å². The monoisotopic (exact) mass is 286 g/mol. The molecule has 0 radical (unpaired) electrons. The molecule has 1 aromatic carbocycles. The Morgan fingerprint density at radius 3 is 2.67 bits per heavy atom. The number of aromatic amines is 1. The highest BCUT2D eigenvalue weighted by molar-refractivity contribution is 5.89. The third-order valence-electron chi connectivity index (χ3n) is 3.64. The second-order valence-corrected chi connectivity index (χ2v) is 5.30. The molecular formula is C16H18N2O3. The van der Waals surface area contributed by atoms with Gasteiger partial charge in [-0.15, -0.1) is 0 Å². The zero-order chi connectivity index (χ0) is 14.8. The molecule has 1 aliphatic rings. The summed E-state index contributed by atoms with van der Waals surface area (Å²) in [6, 6.07) is 9.16.